The molecule has 2 aromatic carbocycles. The lowest BCUT2D eigenvalue weighted by Crippen LogP contribution is -2.27. The molecule has 1 atom stereocenters. The molecule has 4 aromatic rings. The molecule has 1 fully saturated rings. The van der Waals surface area contributed by atoms with Crippen LogP contribution in [-0.2, 0) is 4.79 Å². The second-order valence-electron chi connectivity index (χ2n) is 7.56. The lowest BCUT2D eigenvalue weighted by Gasteiger charge is -2.17. The highest BCUT2D eigenvalue weighted by molar-refractivity contribution is 5.87. The number of para-hydroxylation sites is 1. The van der Waals surface area contributed by atoms with Crippen molar-refractivity contribution in [3.8, 4) is 23.1 Å². The summed E-state index contributed by atoms with van der Waals surface area (Å²) in [5, 5.41) is 0. The van der Waals surface area contributed by atoms with Crippen LogP contribution < -0.4 is 9.47 Å². The molecule has 0 radical (unpaired) electrons. The van der Waals surface area contributed by atoms with E-state index in [-0.39, 0.29) is 11.9 Å². The predicted octanol–water partition coefficient (Wildman–Crippen LogP) is 6.00. The van der Waals surface area contributed by atoms with Gasteiger partial charge in [-0.05, 0) is 55.0 Å². The second-order valence-corrected chi connectivity index (χ2v) is 7.56. The van der Waals surface area contributed by atoms with E-state index in [0.717, 1.165) is 29.0 Å². The first-order chi connectivity index (χ1) is 16.7. The Morgan fingerprint density at radius 3 is 2.35 bits per heavy atom. The maximum Gasteiger partial charge on any atom is 0.247 e. The van der Waals surface area contributed by atoms with Gasteiger partial charge in [0.15, 0.2) is 0 Å². The van der Waals surface area contributed by atoms with Crippen molar-refractivity contribution in [3.05, 3.63) is 85.8 Å². The fraction of sp³-hybridized carbons (Fsp3) is 0.222. The summed E-state index contributed by atoms with van der Waals surface area (Å²) in [7, 11) is 0. The summed E-state index contributed by atoms with van der Waals surface area (Å²) in [6.45, 7) is 8.90. The molecule has 0 spiro atoms. The van der Waals surface area contributed by atoms with Gasteiger partial charge in [0.25, 0.3) is 0 Å². The third-order valence-electron chi connectivity index (χ3n) is 5.53. The van der Waals surface area contributed by atoms with E-state index in [1.54, 1.807) is 4.90 Å². The smallest absolute Gasteiger partial charge is 0.247 e. The van der Waals surface area contributed by atoms with Crippen molar-refractivity contribution in [1.29, 1.82) is 0 Å². The molecular weight excluding hydrogens is 428 g/mol. The summed E-state index contributed by atoms with van der Waals surface area (Å²) in [5.41, 5.74) is 1.61. The average molecular weight is 457 g/mol. The highest BCUT2D eigenvalue weighted by Crippen LogP contribution is 2.33. The summed E-state index contributed by atoms with van der Waals surface area (Å²) >= 11 is 0. The normalized spacial score (nSPS) is 14.9. The molecule has 2 aromatic heterocycles. The van der Waals surface area contributed by atoms with E-state index in [0.29, 0.717) is 24.7 Å². The van der Waals surface area contributed by atoms with Crippen molar-refractivity contribution in [2.24, 2.45) is 0 Å². The van der Waals surface area contributed by atoms with Crippen LogP contribution in [0.15, 0.2) is 85.8 Å². The van der Waals surface area contributed by atoms with Crippen LogP contribution in [0.25, 0.3) is 11.0 Å². The van der Waals surface area contributed by atoms with Gasteiger partial charge in [-0.25, -0.2) is 4.98 Å². The number of aromatic nitrogens is 3. The Morgan fingerprint density at radius 1 is 0.971 bits per heavy atom. The number of fused-ring (bicyclic) bond motifs is 1. The number of hydrogen-bond donors (Lipinski definition) is 0. The van der Waals surface area contributed by atoms with Gasteiger partial charge in [0, 0.05) is 19.3 Å². The van der Waals surface area contributed by atoms with Crippen molar-refractivity contribution < 1.29 is 14.3 Å². The Bertz CT molecular complexity index is 1250. The minimum absolute atomic E-state index is 0.0468. The second kappa shape index (κ2) is 10.7. The summed E-state index contributed by atoms with van der Waals surface area (Å²) in [5.74, 6) is 2.57. The van der Waals surface area contributed by atoms with Gasteiger partial charge in [-0.3, -0.25) is 4.79 Å². The third-order valence-corrected chi connectivity index (χ3v) is 5.53. The number of nitrogens with zero attached hydrogens (tertiary/aromatic N) is 4. The molecule has 0 unspecified atom stereocenters. The quantitative estimate of drug-likeness (QED) is 0.333. The first kappa shape index (κ1) is 23.0. The van der Waals surface area contributed by atoms with Crippen LogP contribution in [-0.4, -0.2) is 38.4 Å². The van der Waals surface area contributed by atoms with Gasteiger partial charge in [-0.2, -0.15) is 4.98 Å². The molecule has 0 aliphatic carbocycles. The van der Waals surface area contributed by atoms with Crippen molar-refractivity contribution in [2.45, 2.75) is 26.3 Å². The molecule has 34 heavy (non-hydrogen) atoms. The lowest BCUT2D eigenvalue weighted by molar-refractivity contribution is -0.125. The largest absolute Gasteiger partial charge is 0.457 e. The highest BCUT2D eigenvalue weighted by Gasteiger charge is 2.28. The molecule has 0 N–H and O–H groups in total. The maximum absolute atomic E-state index is 12.0. The van der Waals surface area contributed by atoms with Crippen LogP contribution in [0.5, 0.6) is 23.1 Å². The standard InChI is InChI=1S/C25H22N4O3.C2H6/c1-2-23(30)28-14-12-18(16-28)29-15-13-22-24(29)25(27-17-26-22)32-21-10-8-20(9-11-21)31-19-6-4-3-5-7-19;1-2/h2-11,13,15,17-18H,1,12,14,16H2;1-2H3/t18-;/m1./s1. The fourth-order valence-electron chi connectivity index (χ4n) is 3.95. The number of rotatable bonds is 6. The number of carbonyl (C=O) groups is 1. The van der Waals surface area contributed by atoms with Crippen LogP contribution >= 0.6 is 0 Å². The van der Waals surface area contributed by atoms with E-state index in [1.165, 1.54) is 12.4 Å². The maximum atomic E-state index is 12.0. The van der Waals surface area contributed by atoms with E-state index < -0.39 is 0 Å². The van der Waals surface area contributed by atoms with Crippen LogP contribution in [0.4, 0.5) is 0 Å². The van der Waals surface area contributed by atoms with Crippen molar-refractivity contribution in [3.63, 3.8) is 0 Å². The van der Waals surface area contributed by atoms with Gasteiger partial charge in [0.1, 0.15) is 29.1 Å². The molecule has 0 bridgehead atoms. The molecule has 3 heterocycles. The summed E-state index contributed by atoms with van der Waals surface area (Å²) in [6.07, 6.45) is 5.69. The topological polar surface area (TPSA) is 69.5 Å². The summed E-state index contributed by atoms with van der Waals surface area (Å²) in [4.78, 5) is 22.6. The molecule has 0 saturated carbocycles. The lowest BCUT2D eigenvalue weighted by atomic mass is 10.2. The zero-order valence-corrected chi connectivity index (χ0v) is 19.4. The first-order valence-electron chi connectivity index (χ1n) is 11.4. The Balaban J connectivity index is 0.00000133. The molecule has 5 rings (SSSR count). The number of hydrogen-bond acceptors (Lipinski definition) is 5. The minimum Gasteiger partial charge on any atom is -0.457 e. The molecule has 1 aliphatic rings. The van der Waals surface area contributed by atoms with Gasteiger partial charge < -0.3 is 18.9 Å². The van der Waals surface area contributed by atoms with Gasteiger partial charge in [-0.1, -0.05) is 38.6 Å². The van der Waals surface area contributed by atoms with Crippen molar-refractivity contribution >= 4 is 16.9 Å². The van der Waals surface area contributed by atoms with Crippen LogP contribution in [0.1, 0.15) is 26.3 Å². The van der Waals surface area contributed by atoms with E-state index in [4.69, 9.17) is 9.47 Å². The van der Waals surface area contributed by atoms with Gasteiger partial charge in [0.2, 0.25) is 11.8 Å². The van der Waals surface area contributed by atoms with Gasteiger partial charge in [0.05, 0.1) is 11.6 Å². The Hall–Kier alpha value is -4.13. The van der Waals surface area contributed by atoms with Crippen molar-refractivity contribution in [1.82, 2.24) is 19.4 Å². The zero-order chi connectivity index (χ0) is 23.9. The average Bonchev–Trinajstić information content (AvgIpc) is 3.55. The van der Waals surface area contributed by atoms with Crippen LogP contribution in [0.2, 0.25) is 0 Å². The number of ether oxygens (including phenoxy) is 2. The molecule has 1 saturated heterocycles. The Labute approximate surface area is 199 Å². The van der Waals surface area contributed by atoms with E-state index in [2.05, 4.69) is 21.1 Å². The van der Waals surface area contributed by atoms with Crippen LogP contribution in [0.3, 0.4) is 0 Å². The molecule has 7 nitrogen and oxygen atoms in total. The zero-order valence-electron chi connectivity index (χ0n) is 19.4. The predicted molar refractivity (Wildman–Crippen MR) is 132 cm³/mol. The number of carbonyl (C=O) groups excluding carboxylic acids is 1. The molecule has 1 aliphatic heterocycles. The van der Waals surface area contributed by atoms with Crippen LogP contribution in [0, 0.1) is 0 Å². The van der Waals surface area contributed by atoms with E-state index in [1.807, 2.05) is 80.7 Å². The SMILES string of the molecule is C=CC(=O)N1CC[C@@H](n2ccc3ncnc(Oc4ccc(Oc5ccccc5)cc4)c32)C1.CC. The summed E-state index contributed by atoms with van der Waals surface area (Å²) < 4.78 is 14.1. The van der Waals surface area contributed by atoms with E-state index in [9.17, 15) is 4.79 Å². The molecule has 174 valence electrons. The van der Waals surface area contributed by atoms with Gasteiger partial charge >= 0.3 is 0 Å². The van der Waals surface area contributed by atoms with Crippen molar-refractivity contribution in [2.75, 3.05) is 13.1 Å². The van der Waals surface area contributed by atoms with Gasteiger partial charge in [-0.15, -0.1) is 0 Å². The molecule has 7 heteroatoms. The highest BCUT2D eigenvalue weighted by atomic mass is 16.5. The monoisotopic (exact) mass is 456 g/mol. The third kappa shape index (κ3) is 4.93. The first-order valence-corrected chi connectivity index (χ1v) is 11.4. The van der Waals surface area contributed by atoms with E-state index >= 15 is 0 Å². The minimum atomic E-state index is -0.0468. The number of likely N-dealkylation sites (tertiary alicyclic amines) is 1. The summed E-state index contributed by atoms with van der Waals surface area (Å²) in [6, 6.07) is 19.1. The fourth-order valence-corrected chi connectivity index (χ4v) is 3.95. The molecular formula is C27H28N4O3. The molecule has 1 amide bonds. The number of benzene rings is 2. The number of amides is 1. The Kier molecular flexibility index (Phi) is 7.22. The Morgan fingerprint density at radius 2 is 1.65 bits per heavy atom.